The van der Waals surface area contributed by atoms with Gasteiger partial charge in [0.05, 0.1) is 0 Å². The summed E-state index contributed by atoms with van der Waals surface area (Å²) in [6.45, 7) is 5.75. The van der Waals surface area contributed by atoms with Crippen molar-refractivity contribution in [3.63, 3.8) is 0 Å². The molecule has 0 atom stereocenters. The highest BCUT2D eigenvalue weighted by Crippen LogP contribution is 2.28. The lowest BCUT2D eigenvalue weighted by Gasteiger charge is -2.22. The van der Waals surface area contributed by atoms with Gasteiger partial charge in [0, 0.05) is 41.4 Å². The first-order chi connectivity index (χ1) is 10.0. The second-order valence-corrected chi connectivity index (χ2v) is 7.65. The van der Waals surface area contributed by atoms with E-state index in [0.717, 1.165) is 31.1 Å². The van der Waals surface area contributed by atoms with Gasteiger partial charge in [0.25, 0.3) is 5.91 Å². The molecular weight excluding hydrogens is 308 g/mol. The quantitative estimate of drug-likeness (QED) is 0.847. The van der Waals surface area contributed by atoms with E-state index in [-0.39, 0.29) is 11.9 Å². The fourth-order valence-electron chi connectivity index (χ4n) is 2.30. The summed E-state index contributed by atoms with van der Waals surface area (Å²) in [7, 11) is -0.722. The number of hydrogen-bond acceptors (Lipinski definition) is 6. The van der Waals surface area contributed by atoms with Crippen LogP contribution in [-0.2, 0) is 10.8 Å². The number of rotatable bonds is 5. The molecule has 8 heteroatoms. The van der Waals surface area contributed by atoms with Crippen molar-refractivity contribution in [1.29, 1.82) is 0 Å². The molecule has 2 heterocycles. The molecule has 0 saturated carbocycles. The number of nitrogens with two attached hydrogens (primary N) is 1. The Morgan fingerprint density at radius 2 is 2.05 bits per heavy atom. The SMILES string of the molecule is CCN(CC)c1nc(N)c(C(=O)NC2CCS(=O)CC2)s1. The van der Waals surface area contributed by atoms with Crippen LogP contribution in [-0.4, -0.2) is 45.7 Å². The largest absolute Gasteiger partial charge is 0.382 e. The summed E-state index contributed by atoms with van der Waals surface area (Å²) in [5, 5.41) is 3.77. The summed E-state index contributed by atoms with van der Waals surface area (Å²) in [4.78, 5) is 19.2. The second-order valence-electron chi connectivity index (χ2n) is 4.98. The number of carbonyl (C=O) groups excluding carboxylic acids is 1. The summed E-state index contributed by atoms with van der Waals surface area (Å²) >= 11 is 1.33. The number of nitrogen functional groups attached to an aromatic ring is 1. The van der Waals surface area contributed by atoms with Crippen LogP contribution in [0.15, 0.2) is 0 Å². The van der Waals surface area contributed by atoms with E-state index in [1.165, 1.54) is 11.3 Å². The van der Waals surface area contributed by atoms with Gasteiger partial charge >= 0.3 is 0 Å². The van der Waals surface area contributed by atoms with Gasteiger partial charge in [-0.05, 0) is 26.7 Å². The minimum absolute atomic E-state index is 0.0913. The maximum Gasteiger partial charge on any atom is 0.265 e. The van der Waals surface area contributed by atoms with Gasteiger partial charge in [-0.3, -0.25) is 9.00 Å². The Hall–Kier alpha value is -1.15. The van der Waals surface area contributed by atoms with E-state index in [4.69, 9.17) is 5.73 Å². The third-order valence-electron chi connectivity index (χ3n) is 3.61. The average molecular weight is 330 g/mol. The van der Waals surface area contributed by atoms with Crippen molar-refractivity contribution < 1.29 is 9.00 Å². The second kappa shape index (κ2) is 7.22. The Labute approximate surface area is 131 Å². The first-order valence-corrected chi connectivity index (χ1v) is 9.52. The third-order valence-corrected chi connectivity index (χ3v) is 6.12. The molecule has 1 amide bonds. The van der Waals surface area contributed by atoms with Gasteiger partial charge in [-0.25, -0.2) is 4.98 Å². The maximum atomic E-state index is 12.3. The van der Waals surface area contributed by atoms with Gasteiger partial charge in [0.1, 0.15) is 10.7 Å². The number of nitrogens with zero attached hydrogens (tertiary/aromatic N) is 2. The van der Waals surface area contributed by atoms with E-state index in [1.807, 2.05) is 13.8 Å². The maximum absolute atomic E-state index is 12.3. The van der Waals surface area contributed by atoms with E-state index in [1.54, 1.807) is 0 Å². The Bertz CT molecular complexity index is 518. The Morgan fingerprint density at radius 1 is 1.43 bits per heavy atom. The lowest BCUT2D eigenvalue weighted by molar-refractivity contribution is 0.0939. The van der Waals surface area contributed by atoms with Gasteiger partial charge in [-0.1, -0.05) is 11.3 Å². The zero-order valence-electron chi connectivity index (χ0n) is 12.4. The van der Waals surface area contributed by atoms with E-state index in [9.17, 15) is 9.00 Å². The van der Waals surface area contributed by atoms with Gasteiger partial charge in [0.15, 0.2) is 5.13 Å². The molecule has 0 unspecified atom stereocenters. The van der Waals surface area contributed by atoms with E-state index in [0.29, 0.717) is 22.2 Å². The Morgan fingerprint density at radius 3 is 2.62 bits per heavy atom. The molecule has 0 bridgehead atoms. The molecule has 21 heavy (non-hydrogen) atoms. The van der Waals surface area contributed by atoms with Crippen LogP contribution in [0.1, 0.15) is 36.4 Å². The molecule has 1 aliphatic rings. The summed E-state index contributed by atoms with van der Waals surface area (Å²) in [5.74, 6) is 1.45. The van der Waals surface area contributed by atoms with Crippen LogP contribution in [0.2, 0.25) is 0 Å². The highest BCUT2D eigenvalue weighted by molar-refractivity contribution is 7.85. The molecule has 6 nitrogen and oxygen atoms in total. The summed E-state index contributed by atoms with van der Waals surface area (Å²) < 4.78 is 11.3. The monoisotopic (exact) mass is 330 g/mol. The molecule has 1 aliphatic heterocycles. The number of hydrogen-bond donors (Lipinski definition) is 2. The molecule has 0 radical (unpaired) electrons. The predicted molar refractivity (Wildman–Crippen MR) is 88.5 cm³/mol. The minimum atomic E-state index is -0.722. The standard InChI is InChI=1S/C13H22N4O2S2/c1-3-17(4-2)13-16-11(14)10(20-13)12(18)15-9-5-7-21(19)8-6-9/h9H,3-8,14H2,1-2H3,(H,15,18). The van der Waals surface area contributed by atoms with Gasteiger partial charge in [-0.2, -0.15) is 0 Å². The van der Waals surface area contributed by atoms with Crippen molar-refractivity contribution in [2.24, 2.45) is 0 Å². The highest BCUT2D eigenvalue weighted by Gasteiger charge is 2.23. The van der Waals surface area contributed by atoms with Crippen LogP contribution >= 0.6 is 11.3 Å². The molecule has 2 rings (SSSR count). The highest BCUT2D eigenvalue weighted by atomic mass is 32.2. The number of carbonyl (C=O) groups is 1. The first-order valence-electron chi connectivity index (χ1n) is 7.22. The molecule has 118 valence electrons. The van der Waals surface area contributed by atoms with Crippen LogP contribution in [0.4, 0.5) is 10.9 Å². The smallest absolute Gasteiger partial charge is 0.265 e. The van der Waals surface area contributed by atoms with Gasteiger partial charge in [0.2, 0.25) is 0 Å². The molecule has 1 aromatic rings. The van der Waals surface area contributed by atoms with Crippen molar-refractivity contribution in [3.05, 3.63) is 4.88 Å². The van der Waals surface area contributed by atoms with Crippen LogP contribution in [0.3, 0.4) is 0 Å². The van der Waals surface area contributed by atoms with Crippen LogP contribution in [0.25, 0.3) is 0 Å². The number of amides is 1. The molecule has 3 N–H and O–H groups in total. The lowest BCUT2D eigenvalue weighted by Crippen LogP contribution is -2.39. The Kier molecular flexibility index (Phi) is 5.58. The van der Waals surface area contributed by atoms with Crippen LogP contribution in [0, 0.1) is 0 Å². The number of thiazole rings is 1. The lowest BCUT2D eigenvalue weighted by atomic mass is 10.1. The van der Waals surface area contributed by atoms with Crippen molar-refractivity contribution >= 4 is 39.0 Å². The zero-order valence-corrected chi connectivity index (χ0v) is 14.1. The van der Waals surface area contributed by atoms with Crippen molar-refractivity contribution in [1.82, 2.24) is 10.3 Å². The number of anilines is 2. The number of aromatic nitrogens is 1. The van der Waals surface area contributed by atoms with E-state index < -0.39 is 10.8 Å². The molecular formula is C13H22N4O2S2. The molecule has 1 aromatic heterocycles. The van der Waals surface area contributed by atoms with E-state index in [2.05, 4.69) is 15.2 Å². The summed E-state index contributed by atoms with van der Waals surface area (Å²) in [6, 6.07) is 0.0913. The molecule has 1 fully saturated rings. The average Bonchev–Trinajstić information content (AvgIpc) is 2.85. The van der Waals surface area contributed by atoms with Crippen LogP contribution < -0.4 is 16.0 Å². The van der Waals surface area contributed by atoms with Crippen molar-refractivity contribution in [3.8, 4) is 0 Å². The fourth-order valence-corrected chi connectivity index (χ4v) is 4.62. The molecule has 0 spiro atoms. The molecule has 0 aliphatic carbocycles. The predicted octanol–water partition coefficient (Wildman–Crippen LogP) is 1.21. The van der Waals surface area contributed by atoms with Crippen LogP contribution in [0.5, 0.6) is 0 Å². The minimum Gasteiger partial charge on any atom is -0.382 e. The normalized spacial score (nSPS) is 22.0. The molecule has 0 aromatic carbocycles. The number of nitrogens with one attached hydrogen (secondary N) is 1. The Balaban J connectivity index is 2.03. The topological polar surface area (TPSA) is 88.3 Å². The van der Waals surface area contributed by atoms with Crippen molar-refractivity contribution in [2.75, 3.05) is 35.2 Å². The third kappa shape index (κ3) is 3.94. The summed E-state index contributed by atoms with van der Waals surface area (Å²) in [6.07, 6.45) is 1.53. The van der Waals surface area contributed by atoms with E-state index >= 15 is 0 Å². The molecule has 1 saturated heterocycles. The van der Waals surface area contributed by atoms with Gasteiger partial charge < -0.3 is 16.0 Å². The van der Waals surface area contributed by atoms with Gasteiger partial charge in [-0.15, -0.1) is 0 Å². The summed E-state index contributed by atoms with van der Waals surface area (Å²) in [5.41, 5.74) is 5.88. The first kappa shape index (κ1) is 16.2. The van der Waals surface area contributed by atoms with Crippen molar-refractivity contribution in [2.45, 2.75) is 32.7 Å². The fraction of sp³-hybridized carbons (Fsp3) is 0.692. The zero-order chi connectivity index (χ0) is 15.4.